The predicted octanol–water partition coefficient (Wildman–Crippen LogP) is 1.27. The van der Waals surface area contributed by atoms with E-state index in [1.807, 2.05) is 6.92 Å². The predicted molar refractivity (Wildman–Crippen MR) is 33.9 cm³/mol. The van der Waals surface area contributed by atoms with E-state index >= 15 is 0 Å². The van der Waals surface area contributed by atoms with Gasteiger partial charge in [0, 0.05) is 12.0 Å². The maximum absolute atomic E-state index is 10.9. The lowest BCUT2D eigenvalue weighted by Gasteiger charge is -2.15. The van der Waals surface area contributed by atoms with Gasteiger partial charge in [-0.2, -0.15) is 0 Å². The van der Waals surface area contributed by atoms with Crippen LogP contribution in [0.2, 0.25) is 0 Å². The van der Waals surface area contributed by atoms with E-state index in [9.17, 15) is 4.79 Å². The number of ether oxygens (including phenoxy) is 1. The van der Waals surface area contributed by atoms with Gasteiger partial charge in [0.2, 0.25) is 0 Å². The Bertz CT molecular complexity index is 158. The molecule has 0 aromatic rings. The van der Waals surface area contributed by atoms with Crippen molar-refractivity contribution in [2.45, 2.75) is 26.4 Å². The molecule has 0 aliphatic carbocycles. The van der Waals surface area contributed by atoms with Gasteiger partial charge in [0.05, 0.1) is 6.26 Å². The Balaban J connectivity index is 2.68. The van der Waals surface area contributed by atoms with Crippen LogP contribution < -0.4 is 0 Å². The van der Waals surface area contributed by atoms with Crippen molar-refractivity contribution < 1.29 is 9.53 Å². The molecule has 0 aromatic carbocycles. The number of allylic oxidation sites excluding steroid dienone is 1. The first kappa shape index (κ1) is 6.33. The lowest BCUT2D eigenvalue weighted by Crippen LogP contribution is -2.17. The van der Waals surface area contributed by atoms with Gasteiger partial charge in [-0.05, 0) is 13.8 Å². The lowest BCUT2D eigenvalue weighted by atomic mass is 10.1. The molecule has 1 aliphatic heterocycles. The summed E-state index contributed by atoms with van der Waals surface area (Å²) in [5.41, 5.74) is 0.730. The number of carbonyl (C=O) groups is 1. The van der Waals surface area contributed by atoms with Crippen LogP contribution in [-0.4, -0.2) is 11.9 Å². The maximum Gasteiger partial charge on any atom is 0.165 e. The molecule has 50 valence electrons. The van der Waals surface area contributed by atoms with Crippen molar-refractivity contribution in [3.63, 3.8) is 0 Å². The first-order valence-corrected chi connectivity index (χ1v) is 3.05. The van der Waals surface area contributed by atoms with Crippen molar-refractivity contribution in [1.29, 1.82) is 0 Å². The summed E-state index contributed by atoms with van der Waals surface area (Å²) < 4.78 is 5.08. The van der Waals surface area contributed by atoms with Crippen molar-refractivity contribution in [2.75, 3.05) is 0 Å². The number of ketones is 1. The highest BCUT2D eigenvalue weighted by molar-refractivity contribution is 5.95. The van der Waals surface area contributed by atoms with Gasteiger partial charge in [0.1, 0.15) is 6.10 Å². The number of carbonyl (C=O) groups excluding carboxylic acids is 1. The van der Waals surface area contributed by atoms with E-state index in [4.69, 9.17) is 4.74 Å². The lowest BCUT2D eigenvalue weighted by molar-refractivity contribution is -0.118. The Morgan fingerprint density at radius 2 is 2.44 bits per heavy atom. The Hall–Kier alpha value is -0.790. The van der Waals surface area contributed by atoms with Gasteiger partial charge in [-0.3, -0.25) is 4.79 Å². The first-order chi connectivity index (χ1) is 4.20. The molecule has 1 aliphatic rings. The van der Waals surface area contributed by atoms with E-state index in [0.717, 1.165) is 5.57 Å². The largest absolute Gasteiger partial charge is 0.497 e. The number of hydrogen-bond donors (Lipinski definition) is 0. The zero-order valence-corrected chi connectivity index (χ0v) is 5.68. The average Bonchev–Trinajstić information content (AvgIpc) is 1.80. The van der Waals surface area contributed by atoms with Gasteiger partial charge < -0.3 is 4.74 Å². The smallest absolute Gasteiger partial charge is 0.165 e. The molecular weight excluding hydrogens is 116 g/mol. The van der Waals surface area contributed by atoms with Gasteiger partial charge in [0.25, 0.3) is 0 Å². The summed E-state index contributed by atoms with van der Waals surface area (Å²) in [5.74, 6) is 0.203. The molecule has 0 fully saturated rings. The molecule has 0 saturated heterocycles. The molecule has 0 bridgehead atoms. The van der Waals surface area contributed by atoms with Crippen molar-refractivity contribution in [3.05, 3.63) is 11.8 Å². The second-order valence-electron chi connectivity index (χ2n) is 2.37. The molecule has 1 heterocycles. The van der Waals surface area contributed by atoms with Gasteiger partial charge in [-0.15, -0.1) is 0 Å². The second kappa shape index (κ2) is 2.21. The molecule has 2 heteroatoms. The third kappa shape index (κ3) is 1.31. The van der Waals surface area contributed by atoms with Crippen LogP contribution >= 0.6 is 0 Å². The minimum Gasteiger partial charge on any atom is -0.497 e. The first-order valence-electron chi connectivity index (χ1n) is 3.05. The second-order valence-corrected chi connectivity index (χ2v) is 2.37. The van der Waals surface area contributed by atoms with Gasteiger partial charge in [-0.25, -0.2) is 0 Å². The highest BCUT2D eigenvalue weighted by Gasteiger charge is 2.15. The molecule has 9 heavy (non-hydrogen) atoms. The molecule has 1 rings (SSSR count). The summed E-state index contributed by atoms with van der Waals surface area (Å²) in [5, 5.41) is 0. The van der Waals surface area contributed by atoms with Crippen molar-refractivity contribution in [2.24, 2.45) is 0 Å². The van der Waals surface area contributed by atoms with E-state index in [0.29, 0.717) is 6.42 Å². The van der Waals surface area contributed by atoms with Crippen LogP contribution in [-0.2, 0) is 9.53 Å². The highest BCUT2D eigenvalue weighted by Crippen LogP contribution is 2.11. The number of rotatable bonds is 0. The molecular formula is C7H10O2. The fourth-order valence-corrected chi connectivity index (χ4v) is 0.754. The zero-order chi connectivity index (χ0) is 6.85. The number of hydrogen-bond acceptors (Lipinski definition) is 2. The van der Waals surface area contributed by atoms with Gasteiger partial charge in [-0.1, -0.05) is 0 Å². The molecule has 2 nitrogen and oxygen atoms in total. The quantitative estimate of drug-likeness (QED) is 0.488. The zero-order valence-electron chi connectivity index (χ0n) is 5.68. The van der Waals surface area contributed by atoms with Crippen molar-refractivity contribution in [1.82, 2.24) is 0 Å². The Kier molecular flexibility index (Phi) is 1.56. The average molecular weight is 126 g/mol. The molecule has 0 amide bonds. The van der Waals surface area contributed by atoms with Crippen LogP contribution in [0.4, 0.5) is 0 Å². The number of Topliss-reactive ketones (excluding diaryl/α,β-unsaturated/α-hetero) is 1. The van der Waals surface area contributed by atoms with Crippen LogP contribution in [0.5, 0.6) is 0 Å². The molecule has 0 saturated carbocycles. The van der Waals surface area contributed by atoms with E-state index in [-0.39, 0.29) is 11.9 Å². The van der Waals surface area contributed by atoms with Crippen molar-refractivity contribution in [3.8, 4) is 0 Å². The van der Waals surface area contributed by atoms with E-state index < -0.39 is 0 Å². The van der Waals surface area contributed by atoms with Crippen molar-refractivity contribution >= 4 is 5.78 Å². The van der Waals surface area contributed by atoms with Crippen LogP contribution in [0.25, 0.3) is 0 Å². The Morgan fingerprint density at radius 1 is 1.78 bits per heavy atom. The van der Waals surface area contributed by atoms with Crippen LogP contribution in [0, 0.1) is 0 Å². The summed E-state index contributed by atoms with van der Waals surface area (Å²) >= 11 is 0. The fourth-order valence-electron chi connectivity index (χ4n) is 0.754. The summed E-state index contributed by atoms with van der Waals surface area (Å²) in [6.45, 7) is 3.66. The molecule has 0 radical (unpaired) electrons. The minimum atomic E-state index is 0.0706. The van der Waals surface area contributed by atoms with E-state index in [1.165, 1.54) is 6.26 Å². The highest BCUT2D eigenvalue weighted by atomic mass is 16.5. The van der Waals surface area contributed by atoms with Crippen LogP contribution in [0.15, 0.2) is 11.8 Å². The standard InChI is InChI=1S/C7H10O2/c1-5-4-9-6(2)3-7(5)8/h4,6H,3H2,1-2H3. The third-order valence-corrected chi connectivity index (χ3v) is 1.39. The minimum absolute atomic E-state index is 0.0706. The van der Waals surface area contributed by atoms with Gasteiger partial charge >= 0.3 is 0 Å². The van der Waals surface area contributed by atoms with Crippen LogP contribution in [0.3, 0.4) is 0 Å². The van der Waals surface area contributed by atoms with E-state index in [1.54, 1.807) is 6.92 Å². The summed E-state index contributed by atoms with van der Waals surface area (Å²) in [6, 6.07) is 0. The van der Waals surface area contributed by atoms with E-state index in [2.05, 4.69) is 0 Å². The monoisotopic (exact) mass is 126 g/mol. The maximum atomic E-state index is 10.9. The summed E-state index contributed by atoms with van der Waals surface area (Å²) in [7, 11) is 0. The molecule has 1 unspecified atom stereocenters. The summed E-state index contributed by atoms with van der Waals surface area (Å²) in [4.78, 5) is 10.9. The molecule has 1 atom stereocenters. The molecule has 0 N–H and O–H groups in total. The van der Waals surface area contributed by atoms with Gasteiger partial charge in [0.15, 0.2) is 5.78 Å². The normalized spacial score (nSPS) is 27.1. The summed E-state index contributed by atoms with van der Waals surface area (Å²) in [6.07, 6.45) is 2.14. The fraction of sp³-hybridized carbons (Fsp3) is 0.571. The SMILES string of the molecule is CC1=COC(C)CC1=O. The molecule has 0 spiro atoms. The topological polar surface area (TPSA) is 26.3 Å². The molecule has 0 aromatic heterocycles. The van der Waals surface area contributed by atoms with Crippen LogP contribution in [0.1, 0.15) is 20.3 Å². The Labute approximate surface area is 54.5 Å². The third-order valence-electron chi connectivity index (χ3n) is 1.39. The Morgan fingerprint density at radius 3 is 2.89 bits per heavy atom.